The Bertz CT molecular complexity index is 463. The number of rotatable bonds is 4. The van der Waals surface area contributed by atoms with Gasteiger partial charge in [-0.05, 0) is 24.6 Å². The molecule has 98 valence electrons. The van der Waals surface area contributed by atoms with Crippen LogP contribution in [0.3, 0.4) is 0 Å². The molecule has 0 fully saturated rings. The van der Waals surface area contributed by atoms with Crippen LogP contribution in [0.15, 0.2) is 22.7 Å². The van der Waals surface area contributed by atoms with E-state index in [9.17, 15) is 9.59 Å². The highest BCUT2D eigenvalue weighted by Crippen LogP contribution is 2.20. The lowest BCUT2D eigenvalue weighted by Crippen LogP contribution is -2.31. The van der Waals surface area contributed by atoms with Gasteiger partial charge >= 0.3 is 12.0 Å². The third-order valence-corrected chi connectivity index (χ3v) is 2.76. The van der Waals surface area contributed by atoms with Crippen molar-refractivity contribution in [2.24, 2.45) is 0 Å². The van der Waals surface area contributed by atoms with E-state index in [2.05, 4.69) is 21.2 Å². The summed E-state index contributed by atoms with van der Waals surface area (Å²) in [5.74, 6) is -1.03. The van der Waals surface area contributed by atoms with Crippen LogP contribution in [0.25, 0.3) is 0 Å². The van der Waals surface area contributed by atoms with Crippen molar-refractivity contribution >= 4 is 33.6 Å². The molecule has 6 heteroatoms. The number of anilines is 1. The maximum Gasteiger partial charge on any atom is 0.335 e. The van der Waals surface area contributed by atoms with Crippen molar-refractivity contribution < 1.29 is 14.7 Å². The quantitative estimate of drug-likeness (QED) is 0.897. The van der Waals surface area contributed by atoms with E-state index in [0.29, 0.717) is 16.7 Å². The number of halogens is 1. The number of hydrogen-bond acceptors (Lipinski definition) is 2. The first-order valence-corrected chi connectivity index (χ1v) is 6.29. The van der Waals surface area contributed by atoms with Gasteiger partial charge in [0.25, 0.3) is 0 Å². The van der Waals surface area contributed by atoms with Crippen LogP contribution in [-0.4, -0.2) is 35.6 Å². The highest BCUT2D eigenvalue weighted by atomic mass is 79.9. The van der Waals surface area contributed by atoms with E-state index in [4.69, 9.17) is 5.11 Å². The summed E-state index contributed by atoms with van der Waals surface area (Å²) in [6, 6.07) is 4.30. The van der Waals surface area contributed by atoms with Gasteiger partial charge < -0.3 is 15.3 Å². The maximum atomic E-state index is 11.7. The van der Waals surface area contributed by atoms with Gasteiger partial charge in [-0.1, -0.05) is 22.9 Å². The highest BCUT2D eigenvalue weighted by molar-refractivity contribution is 9.10. The molecule has 0 atom stereocenters. The molecule has 2 N–H and O–H groups in total. The number of nitrogens with zero attached hydrogens (tertiary/aromatic N) is 1. The number of urea groups is 1. The summed E-state index contributed by atoms with van der Waals surface area (Å²) in [4.78, 5) is 24.2. The lowest BCUT2D eigenvalue weighted by atomic mass is 10.2. The Hall–Kier alpha value is -1.56. The minimum atomic E-state index is -1.03. The average molecular weight is 315 g/mol. The number of nitrogens with one attached hydrogen (secondary N) is 1. The molecule has 0 aromatic heterocycles. The van der Waals surface area contributed by atoms with E-state index in [1.807, 2.05) is 6.92 Å². The van der Waals surface area contributed by atoms with Crippen molar-refractivity contribution in [3.05, 3.63) is 28.2 Å². The number of hydrogen-bond donors (Lipinski definition) is 2. The van der Waals surface area contributed by atoms with Crippen molar-refractivity contribution in [2.45, 2.75) is 13.3 Å². The molecule has 1 aromatic rings. The van der Waals surface area contributed by atoms with Gasteiger partial charge in [-0.15, -0.1) is 0 Å². The SMILES string of the molecule is CCCN(C)C(=O)Nc1cc(Br)cc(C(=O)O)c1. The van der Waals surface area contributed by atoms with Gasteiger partial charge in [0.1, 0.15) is 0 Å². The number of carbonyl (C=O) groups is 2. The van der Waals surface area contributed by atoms with Crippen molar-refractivity contribution in [3.63, 3.8) is 0 Å². The number of benzene rings is 1. The molecule has 0 radical (unpaired) electrons. The van der Waals surface area contributed by atoms with Crippen LogP contribution in [0.4, 0.5) is 10.5 Å². The largest absolute Gasteiger partial charge is 0.478 e. The van der Waals surface area contributed by atoms with Crippen molar-refractivity contribution in [1.82, 2.24) is 4.90 Å². The fourth-order valence-corrected chi connectivity index (χ4v) is 1.93. The molecule has 5 nitrogen and oxygen atoms in total. The molecule has 0 aliphatic heterocycles. The fourth-order valence-electron chi connectivity index (χ4n) is 1.44. The lowest BCUT2D eigenvalue weighted by molar-refractivity contribution is 0.0697. The van der Waals surface area contributed by atoms with Gasteiger partial charge in [-0.3, -0.25) is 0 Å². The Balaban J connectivity index is 2.84. The topological polar surface area (TPSA) is 69.6 Å². The summed E-state index contributed by atoms with van der Waals surface area (Å²) in [5.41, 5.74) is 0.576. The van der Waals surface area contributed by atoms with E-state index in [-0.39, 0.29) is 11.6 Å². The van der Waals surface area contributed by atoms with Gasteiger partial charge in [0, 0.05) is 23.8 Å². The standard InChI is InChI=1S/C12H15BrN2O3/c1-3-4-15(2)12(18)14-10-6-8(11(16)17)5-9(13)7-10/h5-7H,3-4H2,1-2H3,(H,14,18)(H,16,17). The van der Waals surface area contributed by atoms with Gasteiger partial charge in [0.05, 0.1) is 5.56 Å². The zero-order valence-corrected chi connectivity index (χ0v) is 11.8. The Morgan fingerprint density at radius 1 is 1.39 bits per heavy atom. The van der Waals surface area contributed by atoms with Crippen LogP contribution >= 0.6 is 15.9 Å². The molecule has 0 spiro atoms. The molecule has 0 heterocycles. The molecule has 0 saturated carbocycles. The second-order valence-corrected chi connectivity index (χ2v) is 4.80. The summed E-state index contributed by atoms with van der Waals surface area (Å²) < 4.78 is 0.607. The monoisotopic (exact) mass is 314 g/mol. The number of carbonyl (C=O) groups excluding carboxylic acids is 1. The summed E-state index contributed by atoms with van der Waals surface area (Å²) in [7, 11) is 1.69. The van der Waals surface area contributed by atoms with Crippen LogP contribution in [0.5, 0.6) is 0 Å². The average Bonchev–Trinajstić information content (AvgIpc) is 2.28. The molecule has 0 unspecified atom stereocenters. The van der Waals surface area contributed by atoms with E-state index < -0.39 is 5.97 Å². The molecular weight excluding hydrogens is 300 g/mol. The van der Waals surface area contributed by atoms with Crippen molar-refractivity contribution in [2.75, 3.05) is 18.9 Å². The van der Waals surface area contributed by atoms with E-state index in [0.717, 1.165) is 6.42 Å². The second-order valence-electron chi connectivity index (χ2n) is 3.89. The minimum Gasteiger partial charge on any atom is -0.478 e. The number of carboxylic acids is 1. The zero-order chi connectivity index (χ0) is 13.7. The summed E-state index contributed by atoms with van der Waals surface area (Å²) in [6.07, 6.45) is 0.864. The van der Waals surface area contributed by atoms with Crippen LogP contribution in [0.1, 0.15) is 23.7 Å². The molecule has 18 heavy (non-hydrogen) atoms. The molecule has 1 aromatic carbocycles. The second kappa shape index (κ2) is 6.39. The molecule has 0 aliphatic rings. The molecule has 0 saturated heterocycles. The Labute approximate surface area is 114 Å². The van der Waals surface area contributed by atoms with E-state index >= 15 is 0 Å². The molecular formula is C12H15BrN2O3. The third kappa shape index (κ3) is 4.03. The van der Waals surface area contributed by atoms with Gasteiger partial charge in [0.15, 0.2) is 0 Å². The van der Waals surface area contributed by atoms with E-state index in [1.165, 1.54) is 12.1 Å². The molecule has 0 aliphatic carbocycles. The molecule has 2 amide bonds. The highest BCUT2D eigenvalue weighted by Gasteiger charge is 2.10. The van der Waals surface area contributed by atoms with E-state index in [1.54, 1.807) is 18.0 Å². The number of carboxylic acid groups (broad SMARTS) is 1. The number of aromatic carboxylic acids is 1. The van der Waals surface area contributed by atoms with Gasteiger partial charge in [0.2, 0.25) is 0 Å². The fraction of sp³-hybridized carbons (Fsp3) is 0.333. The Morgan fingerprint density at radius 2 is 2.06 bits per heavy atom. The summed E-state index contributed by atoms with van der Waals surface area (Å²) >= 11 is 3.21. The molecule has 1 rings (SSSR count). The minimum absolute atomic E-state index is 0.123. The Kier molecular flexibility index (Phi) is 5.15. The summed E-state index contributed by atoms with van der Waals surface area (Å²) in [6.45, 7) is 2.62. The van der Waals surface area contributed by atoms with Crippen LogP contribution < -0.4 is 5.32 Å². The summed E-state index contributed by atoms with van der Waals surface area (Å²) in [5, 5.41) is 11.6. The van der Waals surface area contributed by atoms with Gasteiger partial charge in [-0.25, -0.2) is 9.59 Å². The Morgan fingerprint density at radius 3 is 2.61 bits per heavy atom. The lowest BCUT2D eigenvalue weighted by Gasteiger charge is -2.17. The zero-order valence-electron chi connectivity index (χ0n) is 10.2. The smallest absolute Gasteiger partial charge is 0.335 e. The normalized spacial score (nSPS) is 9.94. The molecule has 0 bridgehead atoms. The third-order valence-electron chi connectivity index (χ3n) is 2.30. The van der Waals surface area contributed by atoms with Crippen molar-refractivity contribution in [3.8, 4) is 0 Å². The van der Waals surface area contributed by atoms with Crippen LogP contribution in [-0.2, 0) is 0 Å². The number of amides is 2. The van der Waals surface area contributed by atoms with Crippen LogP contribution in [0, 0.1) is 0 Å². The predicted molar refractivity (Wildman–Crippen MR) is 73.0 cm³/mol. The van der Waals surface area contributed by atoms with Crippen molar-refractivity contribution in [1.29, 1.82) is 0 Å². The van der Waals surface area contributed by atoms with Crippen LogP contribution in [0.2, 0.25) is 0 Å². The predicted octanol–water partition coefficient (Wildman–Crippen LogP) is 3.02. The first-order chi connectivity index (χ1) is 8.43. The first kappa shape index (κ1) is 14.5. The van der Waals surface area contributed by atoms with Gasteiger partial charge in [-0.2, -0.15) is 0 Å². The maximum absolute atomic E-state index is 11.7. The first-order valence-electron chi connectivity index (χ1n) is 5.50.